The van der Waals surface area contributed by atoms with Crippen LogP contribution in [0.2, 0.25) is 0 Å². The van der Waals surface area contributed by atoms with Crippen molar-refractivity contribution in [2.24, 2.45) is 0 Å². The lowest BCUT2D eigenvalue weighted by Crippen LogP contribution is -2.74. The van der Waals surface area contributed by atoms with Crippen LogP contribution in [-0.2, 0) is 0 Å². The molecule has 0 aliphatic heterocycles. The van der Waals surface area contributed by atoms with Gasteiger partial charge in [-0.15, -0.1) is 68.0 Å². The highest BCUT2D eigenvalue weighted by Crippen LogP contribution is 2.48. The van der Waals surface area contributed by atoms with Gasteiger partial charge in [-0.05, 0) is 164 Å². The van der Waals surface area contributed by atoms with Crippen molar-refractivity contribution in [1.82, 2.24) is 9.13 Å². The van der Waals surface area contributed by atoms with Gasteiger partial charge in [0.1, 0.15) is 0 Å². The Morgan fingerprint density at radius 2 is 0.380 bits per heavy atom. The molecule has 0 atom stereocenters. The van der Waals surface area contributed by atoms with Crippen LogP contribution in [0.15, 0.2) is 510 Å². The lowest BCUT2D eigenvalue weighted by molar-refractivity contribution is 1.18. The normalized spacial score (nSPS) is 12.1. The minimum atomic E-state index is -2.81. The molecule has 0 spiro atoms. The number of nitrogens with zero attached hydrogens (tertiary/aromatic N) is 2. The standard InChI is InChI=1S/2C44H29NS2Si.C38H26S2Si/c1-4-14-30(15-5-1)45-39-22-12-10-20-35(39)37-28-33(24-26-40(37)45)48(31-16-6-2-7-17-31,32-18-8-3-9-19-32)34-25-27-42-38(29-34)43-36-21-11-13-23-41(36)46-44(43)47-42;1-3-15-31(16-4-1)48(32-17-5-2-6-18-32,34-26-27-42-38(29-34)43-37-22-9-12-25-41(37)46-44(43)47-42)33-19-13-14-30(28-33)45-39-23-10-7-20-35(39)36-21-8-11-24-40(36)45;1-4-14-29(15-5-1)41(30-16-6-2-7-17-30,31-18-8-3-9-19-31)32-20-12-13-27(25-32)28-23-24-36-34(26-28)37-33-21-10-11-22-35(33)39-38(37)40-36/h2*1-29H;1-26H. The highest BCUT2D eigenvalue weighted by Gasteiger charge is 2.45. The number of rotatable bonds is 15. The van der Waals surface area contributed by atoms with Crippen LogP contribution in [0, 0.1) is 0 Å². The number of benzene rings is 20. The summed E-state index contributed by atoms with van der Waals surface area (Å²) in [5, 5.41) is 34.3. The average Bonchev–Trinajstić information content (AvgIpc) is 1.65. The van der Waals surface area contributed by atoms with E-state index in [9.17, 15) is 0 Å². The van der Waals surface area contributed by atoms with Crippen molar-refractivity contribution < 1.29 is 0 Å². The predicted octanol–water partition coefficient (Wildman–Crippen LogP) is 27.8. The van der Waals surface area contributed by atoms with Gasteiger partial charge in [0.25, 0.3) is 0 Å². The summed E-state index contributed by atoms with van der Waals surface area (Å²) in [6.45, 7) is 0. The second-order valence-electron chi connectivity index (χ2n) is 35.5. The topological polar surface area (TPSA) is 9.86 Å². The molecule has 0 N–H and O–H groups in total. The van der Waals surface area contributed by atoms with Crippen molar-refractivity contribution in [3.63, 3.8) is 0 Å². The number of hydrogen-bond donors (Lipinski definition) is 0. The Kier molecular flexibility index (Phi) is 20.9. The van der Waals surface area contributed by atoms with E-state index in [0.29, 0.717) is 0 Å². The van der Waals surface area contributed by atoms with Gasteiger partial charge in [0.05, 0.1) is 34.1 Å². The van der Waals surface area contributed by atoms with Gasteiger partial charge in [-0.25, -0.2) is 0 Å². The molecule has 0 saturated heterocycles. The molecular formula is C126H84N2S6Si3. The van der Waals surface area contributed by atoms with Crippen LogP contribution in [-0.4, -0.2) is 33.4 Å². The first kappa shape index (κ1) is 82.8. The first-order valence-electron chi connectivity index (χ1n) is 46.6. The van der Waals surface area contributed by atoms with E-state index >= 15 is 0 Å². The Balaban J connectivity index is 0.000000107. The van der Waals surface area contributed by atoms with E-state index in [1.54, 1.807) is 0 Å². The van der Waals surface area contributed by atoms with Gasteiger partial charge in [-0.1, -0.05) is 419 Å². The van der Waals surface area contributed by atoms with Crippen LogP contribution in [0.4, 0.5) is 0 Å². The molecule has 0 aliphatic carbocycles. The lowest BCUT2D eigenvalue weighted by Gasteiger charge is -2.35. The lowest BCUT2D eigenvalue weighted by atomic mass is 10.0. The second kappa shape index (κ2) is 34.5. The van der Waals surface area contributed by atoms with Gasteiger partial charge in [0, 0.05) is 110 Å². The maximum Gasteiger partial charge on any atom is 0.179 e. The van der Waals surface area contributed by atoms with E-state index in [4.69, 9.17) is 0 Å². The third-order valence-electron chi connectivity index (χ3n) is 28.2. The van der Waals surface area contributed by atoms with Crippen LogP contribution >= 0.6 is 68.0 Å². The predicted molar refractivity (Wildman–Crippen MR) is 609 cm³/mol. The summed E-state index contributed by atoms with van der Waals surface area (Å²) in [7, 11) is -8.18. The fourth-order valence-electron chi connectivity index (χ4n) is 22.3. The van der Waals surface area contributed by atoms with Crippen molar-refractivity contribution in [3.05, 3.63) is 510 Å². The Morgan fingerprint density at radius 3 is 0.766 bits per heavy atom. The molecule has 0 saturated carbocycles. The Morgan fingerprint density at radius 1 is 0.139 bits per heavy atom. The summed E-state index contributed by atoms with van der Waals surface area (Å²) < 4.78 is 17.3. The van der Waals surface area contributed by atoms with E-state index in [0.717, 1.165) is 0 Å². The minimum absolute atomic E-state index is 1.18. The van der Waals surface area contributed by atoms with Gasteiger partial charge in [0.15, 0.2) is 24.2 Å². The van der Waals surface area contributed by atoms with E-state index in [1.807, 2.05) is 68.0 Å². The molecule has 646 valence electrons. The zero-order chi connectivity index (χ0) is 90.5. The fraction of sp³-hybridized carbons (Fsp3) is 0. The number of thiophene rings is 6. The monoisotopic (exact) mass is 1900 g/mol. The molecule has 2 nitrogen and oxygen atoms in total. The van der Waals surface area contributed by atoms with Gasteiger partial charge in [-0.2, -0.15) is 0 Å². The molecule has 28 aromatic rings. The van der Waals surface area contributed by atoms with Crippen LogP contribution in [0.1, 0.15) is 0 Å². The van der Waals surface area contributed by atoms with Gasteiger partial charge < -0.3 is 9.13 Å². The third kappa shape index (κ3) is 13.6. The highest BCUT2D eigenvalue weighted by molar-refractivity contribution is 7.46. The highest BCUT2D eigenvalue weighted by atomic mass is 32.2. The number of aromatic nitrogens is 2. The fourth-order valence-corrected chi connectivity index (χ4v) is 44.4. The molecule has 137 heavy (non-hydrogen) atoms. The molecule has 8 heterocycles. The molecule has 0 bridgehead atoms. The first-order valence-corrected chi connectivity index (χ1v) is 57.5. The summed E-state index contributed by atoms with van der Waals surface area (Å²) in [5.41, 5.74) is 9.83. The molecule has 11 heteroatoms. The number of hydrogen-bond acceptors (Lipinski definition) is 6. The Bertz CT molecular complexity index is 9200. The van der Waals surface area contributed by atoms with Crippen molar-refractivity contribution in [2.75, 3.05) is 0 Å². The molecule has 8 aromatic heterocycles. The molecule has 0 amide bonds. The molecule has 0 aliphatic rings. The summed E-state index contributed by atoms with van der Waals surface area (Å²) in [6.07, 6.45) is 0. The molecule has 0 radical (unpaired) electrons. The van der Waals surface area contributed by atoms with E-state index in [2.05, 4.69) is 519 Å². The molecule has 0 fully saturated rings. The Hall–Kier alpha value is -14.8. The van der Waals surface area contributed by atoms with E-state index in [-0.39, 0.29) is 0 Å². The summed E-state index contributed by atoms with van der Waals surface area (Å²) in [5.74, 6) is 0. The molecular weight excluding hydrogens is 1820 g/mol. The molecule has 28 rings (SSSR count). The second-order valence-corrected chi connectivity index (χ2v) is 54.0. The van der Waals surface area contributed by atoms with Crippen LogP contribution in [0.25, 0.3) is 155 Å². The van der Waals surface area contributed by atoms with Crippen LogP contribution < -0.4 is 62.2 Å². The Labute approximate surface area is 820 Å². The zero-order valence-electron chi connectivity index (χ0n) is 74.3. The SMILES string of the molecule is c1ccc(-n2c3ccccc3c3cc([Si](c4ccccc4)(c4ccccc4)c4ccc5sc6sc7ccccc7c6c5c4)ccc32)cc1.c1ccc([Si](c2ccccc2)(c2cccc(-n3c4ccccc4c4ccccc43)c2)c2ccc3sc4sc5ccccc5c4c3c2)cc1.c1ccc([Si](c2ccccc2)(c2ccccc2)c2cccc(-c3ccc4sc5sc6ccccc6c5c4c3)c2)cc1. The molecule has 0 unspecified atom stereocenters. The molecule has 20 aromatic carbocycles. The van der Waals surface area contributed by atoms with Crippen molar-refractivity contribution in [2.45, 2.75) is 0 Å². The minimum Gasteiger partial charge on any atom is -0.309 e. The largest absolute Gasteiger partial charge is 0.309 e. The summed E-state index contributed by atoms with van der Waals surface area (Å²) in [6, 6.07) is 190. The third-order valence-corrected chi connectivity index (χ3v) is 49.8. The van der Waals surface area contributed by atoms with E-state index < -0.39 is 24.2 Å². The quantitative estimate of drug-likeness (QED) is 0.0715. The van der Waals surface area contributed by atoms with Crippen molar-refractivity contribution in [1.29, 1.82) is 0 Å². The summed E-state index contributed by atoms with van der Waals surface area (Å²) >= 11 is 11.5. The summed E-state index contributed by atoms with van der Waals surface area (Å²) in [4.78, 5) is 0. The van der Waals surface area contributed by atoms with Crippen molar-refractivity contribution in [3.8, 4) is 22.5 Å². The average molecular weight is 1900 g/mol. The van der Waals surface area contributed by atoms with E-state index in [1.165, 1.54) is 217 Å². The smallest absolute Gasteiger partial charge is 0.179 e. The number of fused-ring (bicyclic) bond motifs is 21. The number of para-hydroxylation sites is 4. The maximum absolute atomic E-state index is 2.81. The first-order chi connectivity index (χ1) is 67.9. The van der Waals surface area contributed by atoms with Crippen LogP contribution in [0.5, 0.6) is 0 Å². The van der Waals surface area contributed by atoms with Gasteiger partial charge in [-0.3, -0.25) is 0 Å². The maximum atomic E-state index is 2.55. The zero-order valence-corrected chi connectivity index (χ0v) is 82.2. The van der Waals surface area contributed by atoms with Crippen LogP contribution in [0.3, 0.4) is 0 Å². The van der Waals surface area contributed by atoms with Crippen molar-refractivity contribution >= 4 is 287 Å². The van der Waals surface area contributed by atoms with Gasteiger partial charge in [0.2, 0.25) is 0 Å². The van der Waals surface area contributed by atoms with Gasteiger partial charge >= 0.3 is 0 Å².